The molecule has 0 N–H and O–H groups in total. The number of unbranched alkanes of at least 4 members (excludes halogenated alkanes) is 1. The number of fused-ring (bicyclic) bond motifs is 1. The minimum Gasteiger partial charge on any atom is -0.468 e. The normalized spacial score (nSPS) is 12.5. The van der Waals surface area contributed by atoms with Gasteiger partial charge in [-0.1, -0.05) is 24.7 Å². The summed E-state index contributed by atoms with van der Waals surface area (Å²) in [5, 5.41) is 0. The number of carbonyl (C=O) groups is 2. The van der Waals surface area contributed by atoms with Crippen LogP contribution in [0.15, 0.2) is 52.4 Å². The highest BCUT2D eigenvalue weighted by Gasteiger charge is 2.20. The van der Waals surface area contributed by atoms with Crippen LogP contribution in [0.25, 0.3) is 10.2 Å². The lowest BCUT2D eigenvalue weighted by Crippen LogP contribution is -2.27. The number of esters is 1. The van der Waals surface area contributed by atoms with E-state index in [1.54, 1.807) is 0 Å². The summed E-state index contributed by atoms with van der Waals surface area (Å²) < 4.78 is 46.9. The Morgan fingerprint density at radius 3 is 2.52 bits per heavy atom. The Morgan fingerprint density at radius 2 is 1.88 bits per heavy atom. The van der Waals surface area contributed by atoms with E-state index in [0.717, 1.165) is 24.2 Å². The molecule has 1 heterocycles. The van der Waals surface area contributed by atoms with E-state index in [1.807, 2.05) is 6.92 Å². The summed E-state index contributed by atoms with van der Waals surface area (Å²) in [5.74, 6) is -1.62. The fourth-order valence-corrected chi connectivity index (χ4v) is 5.34. The maximum absolute atomic E-state index is 13.6. The summed E-state index contributed by atoms with van der Waals surface area (Å²) in [6.45, 7) is 2.18. The number of sulfonamides is 1. The molecule has 33 heavy (non-hydrogen) atoms. The summed E-state index contributed by atoms with van der Waals surface area (Å²) in [5.41, 5.74) is 0.716. The predicted octanol–water partition coefficient (Wildman–Crippen LogP) is 3.18. The van der Waals surface area contributed by atoms with Gasteiger partial charge in [0.1, 0.15) is 12.4 Å². The number of methoxy groups -OCH3 is 1. The van der Waals surface area contributed by atoms with E-state index >= 15 is 0 Å². The molecule has 0 aliphatic heterocycles. The van der Waals surface area contributed by atoms with Crippen LogP contribution in [-0.4, -0.2) is 49.9 Å². The average molecular weight is 494 g/mol. The Kier molecular flexibility index (Phi) is 7.77. The second kappa shape index (κ2) is 10.4. The fraction of sp³-hybridized carbons (Fsp3) is 0.318. The molecule has 176 valence electrons. The van der Waals surface area contributed by atoms with Gasteiger partial charge < -0.3 is 9.30 Å². The van der Waals surface area contributed by atoms with Crippen LogP contribution in [0.4, 0.5) is 4.39 Å². The van der Waals surface area contributed by atoms with Gasteiger partial charge in [0.2, 0.25) is 10.0 Å². The molecule has 0 atom stereocenters. The van der Waals surface area contributed by atoms with Crippen LogP contribution in [0.3, 0.4) is 0 Å². The molecule has 0 saturated heterocycles. The minimum atomic E-state index is -3.65. The van der Waals surface area contributed by atoms with Crippen molar-refractivity contribution in [3.05, 3.63) is 58.6 Å². The molecule has 8 nitrogen and oxygen atoms in total. The standard InChI is InChI=1S/C22H24FN3O5S2/c1-4-5-12-25(2)33(29,30)17-9-6-15(7-10-17)21(28)24-22-26(14-20(27)31-3)18-11-8-16(23)13-19(18)32-22/h6-11,13H,4-5,12,14H2,1-3H3. The zero-order chi connectivity index (χ0) is 24.2. The fourth-order valence-electron chi connectivity index (χ4n) is 3.08. The van der Waals surface area contributed by atoms with Gasteiger partial charge in [-0.05, 0) is 48.9 Å². The van der Waals surface area contributed by atoms with Crippen molar-refractivity contribution in [1.82, 2.24) is 8.87 Å². The van der Waals surface area contributed by atoms with Crippen LogP contribution >= 0.6 is 11.3 Å². The van der Waals surface area contributed by atoms with Gasteiger partial charge in [0.05, 0.1) is 22.2 Å². The molecule has 1 amide bonds. The highest BCUT2D eigenvalue weighted by Crippen LogP contribution is 2.20. The van der Waals surface area contributed by atoms with Crippen molar-refractivity contribution in [3.63, 3.8) is 0 Å². The molecule has 3 rings (SSSR count). The van der Waals surface area contributed by atoms with E-state index in [-0.39, 0.29) is 21.8 Å². The zero-order valence-corrected chi connectivity index (χ0v) is 20.1. The molecule has 0 saturated carbocycles. The van der Waals surface area contributed by atoms with Crippen LogP contribution in [-0.2, 0) is 26.1 Å². The van der Waals surface area contributed by atoms with Gasteiger partial charge in [-0.2, -0.15) is 4.99 Å². The Bertz CT molecular complexity index is 1340. The molecule has 0 spiro atoms. The highest BCUT2D eigenvalue weighted by molar-refractivity contribution is 7.89. The van der Waals surface area contributed by atoms with Gasteiger partial charge in [-0.3, -0.25) is 9.59 Å². The van der Waals surface area contributed by atoms with Crippen molar-refractivity contribution in [1.29, 1.82) is 0 Å². The molecule has 0 unspecified atom stereocenters. The summed E-state index contributed by atoms with van der Waals surface area (Å²) in [4.78, 5) is 29.0. The summed E-state index contributed by atoms with van der Waals surface area (Å²) in [6, 6.07) is 9.57. The number of hydrogen-bond acceptors (Lipinski definition) is 6. The highest BCUT2D eigenvalue weighted by atomic mass is 32.2. The van der Waals surface area contributed by atoms with Crippen molar-refractivity contribution in [3.8, 4) is 0 Å². The number of amides is 1. The lowest BCUT2D eigenvalue weighted by atomic mass is 10.2. The van der Waals surface area contributed by atoms with Gasteiger partial charge in [0, 0.05) is 19.2 Å². The number of aromatic nitrogens is 1. The number of halogens is 1. The molecular weight excluding hydrogens is 469 g/mol. The molecule has 1 aromatic heterocycles. The number of hydrogen-bond donors (Lipinski definition) is 0. The minimum absolute atomic E-state index is 0.0794. The van der Waals surface area contributed by atoms with Crippen molar-refractivity contribution in [2.24, 2.45) is 4.99 Å². The second-order valence-electron chi connectivity index (χ2n) is 7.28. The second-order valence-corrected chi connectivity index (χ2v) is 10.3. The van der Waals surface area contributed by atoms with Gasteiger partial charge in [0.25, 0.3) is 5.91 Å². The van der Waals surface area contributed by atoms with Crippen LogP contribution in [0.5, 0.6) is 0 Å². The van der Waals surface area contributed by atoms with E-state index in [0.29, 0.717) is 16.8 Å². The van der Waals surface area contributed by atoms with Crippen molar-refractivity contribution in [2.75, 3.05) is 20.7 Å². The number of rotatable bonds is 8. The molecule has 3 aromatic rings. The first kappa shape index (κ1) is 24.7. The molecule has 2 aromatic carbocycles. The lowest BCUT2D eigenvalue weighted by molar-refractivity contribution is -0.141. The first-order valence-electron chi connectivity index (χ1n) is 10.2. The maximum atomic E-state index is 13.6. The van der Waals surface area contributed by atoms with Gasteiger partial charge in [-0.25, -0.2) is 17.1 Å². The maximum Gasteiger partial charge on any atom is 0.325 e. The summed E-state index contributed by atoms with van der Waals surface area (Å²) >= 11 is 1.06. The van der Waals surface area contributed by atoms with Crippen LogP contribution in [0.2, 0.25) is 0 Å². The molecule has 0 fully saturated rings. The van der Waals surface area contributed by atoms with E-state index < -0.39 is 27.7 Å². The molecule has 0 radical (unpaired) electrons. The predicted molar refractivity (Wildman–Crippen MR) is 123 cm³/mol. The van der Waals surface area contributed by atoms with E-state index in [2.05, 4.69) is 4.99 Å². The number of carbonyl (C=O) groups excluding carboxylic acids is 2. The zero-order valence-electron chi connectivity index (χ0n) is 18.4. The Morgan fingerprint density at radius 1 is 1.18 bits per heavy atom. The SMILES string of the molecule is CCCCN(C)S(=O)(=O)c1ccc(C(=O)N=c2sc3cc(F)ccc3n2CC(=O)OC)cc1. The first-order chi connectivity index (χ1) is 15.7. The summed E-state index contributed by atoms with van der Waals surface area (Å²) in [6.07, 6.45) is 1.62. The van der Waals surface area contributed by atoms with Crippen molar-refractivity contribution >= 4 is 43.5 Å². The van der Waals surface area contributed by atoms with Gasteiger partial charge >= 0.3 is 5.97 Å². The van der Waals surface area contributed by atoms with E-state index in [9.17, 15) is 22.4 Å². The number of thiazole rings is 1. The monoisotopic (exact) mass is 493 g/mol. The largest absolute Gasteiger partial charge is 0.468 e. The van der Waals surface area contributed by atoms with E-state index in [1.165, 1.54) is 65.5 Å². The Balaban J connectivity index is 1.95. The van der Waals surface area contributed by atoms with Crippen LogP contribution in [0, 0.1) is 5.82 Å². The Hall–Kier alpha value is -2.89. The third-order valence-corrected chi connectivity index (χ3v) is 7.91. The van der Waals surface area contributed by atoms with Crippen LogP contribution in [0.1, 0.15) is 30.1 Å². The van der Waals surface area contributed by atoms with E-state index in [4.69, 9.17) is 4.74 Å². The molecule has 0 aliphatic carbocycles. The molecule has 11 heteroatoms. The smallest absolute Gasteiger partial charge is 0.325 e. The van der Waals surface area contributed by atoms with Gasteiger partial charge in [0.15, 0.2) is 4.80 Å². The van der Waals surface area contributed by atoms with Crippen LogP contribution < -0.4 is 4.80 Å². The lowest BCUT2D eigenvalue weighted by Gasteiger charge is -2.16. The molecular formula is C22H24FN3O5S2. The first-order valence-corrected chi connectivity index (χ1v) is 12.4. The third-order valence-electron chi connectivity index (χ3n) is 4.99. The number of ether oxygens (including phenoxy) is 1. The quantitative estimate of drug-likeness (QED) is 0.449. The number of nitrogens with zero attached hydrogens (tertiary/aromatic N) is 3. The Labute approximate surface area is 195 Å². The topological polar surface area (TPSA) is 98.0 Å². The van der Waals surface area contributed by atoms with Crippen molar-refractivity contribution < 1.29 is 27.1 Å². The summed E-state index contributed by atoms with van der Waals surface area (Å²) in [7, 11) is -0.893. The number of benzene rings is 2. The molecule has 0 bridgehead atoms. The van der Waals surface area contributed by atoms with Crippen molar-refractivity contribution in [2.45, 2.75) is 31.2 Å². The third kappa shape index (κ3) is 5.55. The van der Waals surface area contributed by atoms with Gasteiger partial charge in [-0.15, -0.1) is 0 Å². The molecule has 0 aliphatic rings. The average Bonchev–Trinajstić information content (AvgIpc) is 3.12.